The van der Waals surface area contributed by atoms with E-state index in [-0.39, 0.29) is 24.6 Å². The van der Waals surface area contributed by atoms with Crippen molar-refractivity contribution in [1.82, 2.24) is 5.32 Å². The summed E-state index contributed by atoms with van der Waals surface area (Å²) in [6.45, 7) is 3.82. The third kappa shape index (κ3) is 4.19. The van der Waals surface area contributed by atoms with Crippen molar-refractivity contribution in [3.8, 4) is 11.5 Å². The fourth-order valence-electron chi connectivity index (χ4n) is 5.77. The maximum atomic E-state index is 13.8. The molecule has 0 unspecified atom stereocenters. The van der Waals surface area contributed by atoms with Gasteiger partial charge >= 0.3 is 11.9 Å². The largest absolute Gasteiger partial charge is 0.468 e. The minimum absolute atomic E-state index is 0.116. The summed E-state index contributed by atoms with van der Waals surface area (Å²) >= 11 is 0. The average Bonchev–Trinajstić information content (AvgIpc) is 3.31. The smallest absolute Gasteiger partial charge is 0.337 e. The van der Waals surface area contributed by atoms with Gasteiger partial charge in [-0.15, -0.1) is 0 Å². The first-order chi connectivity index (χ1) is 16.9. The molecule has 1 fully saturated rings. The fraction of sp³-hybridized carbons (Fsp3) is 0.519. The topological polar surface area (TPSA) is 100 Å². The average molecular weight is 482 g/mol. The number of methoxy groups -OCH3 is 1. The highest BCUT2D eigenvalue weighted by Gasteiger charge is 2.47. The first-order valence-electron chi connectivity index (χ1n) is 12.3. The van der Waals surface area contributed by atoms with E-state index in [4.69, 9.17) is 18.9 Å². The normalized spacial score (nSPS) is 26.3. The van der Waals surface area contributed by atoms with Crippen LogP contribution < -0.4 is 14.8 Å². The molecule has 0 spiro atoms. The van der Waals surface area contributed by atoms with Gasteiger partial charge in [0.2, 0.25) is 6.79 Å². The van der Waals surface area contributed by atoms with Crippen LogP contribution in [0, 0.1) is 11.8 Å². The number of benzene rings is 1. The number of rotatable bonds is 4. The van der Waals surface area contributed by atoms with Crippen molar-refractivity contribution in [2.75, 3.05) is 13.9 Å². The van der Waals surface area contributed by atoms with Crippen molar-refractivity contribution in [3.05, 3.63) is 46.3 Å². The zero-order valence-electron chi connectivity index (χ0n) is 20.3. The molecular weight excluding hydrogens is 450 g/mol. The molecule has 2 aliphatic carbocycles. The molecule has 1 aromatic rings. The summed E-state index contributed by atoms with van der Waals surface area (Å²) in [4.78, 5) is 40.0. The Morgan fingerprint density at radius 1 is 1.09 bits per heavy atom. The van der Waals surface area contributed by atoms with Gasteiger partial charge in [0.05, 0.1) is 12.7 Å². The van der Waals surface area contributed by atoms with Crippen LogP contribution in [0.1, 0.15) is 63.9 Å². The second kappa shape index (κ2) is 9.40. The van der Waals surface area contributed by atoms with E-state index in [0.717, 1.165) is 37.8 Å². The number of hydrogen-bond acceptors (Lipinski definition) is 8. The zero-order chi connectivity index (χ0) is 24.7. The maximum absolute atomic E-state index is 13.8. The SMILES string of the molecule is COC(=O)[C@H]1C(=O)C2=C(C[C@H]1C)NC(C)=C(C(=O)OC1CCCCC1)[C@H]2c1ccc2c(c1)OCO2. The Balaban J connectivity index is 1.59. The minimum Gasteiger partial charge on any atom is -0.468 e. The van der Waals surface area contributed by atoms with E-state index in [1.165, 1.54) is 7.11 Å². The first-order valence-corrected chi connectivity index (χ1v) is 12.3. The van der Waals surface area contributed by atoms with Crippen LogP contribution >= 0.6 is 0 Å². The molecule has 0 aromatic heterocycles. The van der Waals surface area contributed by atoms with E-state index >= 15 is 0 Å². The van der Waals surface area contributed by atoms with Crippen LogP contribution in [0.15, 0.2) is 40.7 Å². The number of ether oxygens (including phenoxy) is 4. The van der Waals surface area contributed by atoms with E-state index in [9.17, 15) is 14.4 Å². The highest BCUT2D eigenvalue weighted by molar-refractivity contribution is 6.12. The Kier molecular flexibility index (Phi) is 6.30. The summed E-state index contributed by atoms with van der Waals surface area (Å²) in [5, 5.41) is 3.31. The third-order valence-corrected chi connectivity index (χ3v) is 7.52. The summed E-state index contributed by atoms with van der Waals surface area (Å²) in [5.74, 6) is -2.00. The molecule has 0 saturated heterocycles. The third-order valence-electron chi connectivity index (χ3n) is 7.52. The van der Waals surface area contributed by atoms with Crippen LogP contribution in [0.25, 0.3) is 0 Å². The van der Waals surface area contributed by atoms with Crippen molar-refractivity contribution in [1.29, 1.82) is 0 Å². The molecule has 0 bridgehead atoms. The second-order valence-electron chi connectivity index (χ2n) is 9.81. The van der Waals surface area contributed by atoms with Crippen LogP contribution in [0.5, 0.6) is 11.5 Å². The molecule has 4 aliphatic rings. The van der Waals surface area contributed by atoms with Gasteiger partial charge in [-0.25, -0.2) is 4.79 Å². The fourth-order valence-corrected chi connectivity index (χ4v) is 5.77. The molecule has 35 heavy (non-hydrogen) atoms. The molecule has 8 heteroatoms. The van der Waals surface area contributed by atoms with Gasteiger partial charge in [0, 0.05) is 22.9 Å². The molecule has 5 rings (SSSR count). The molecule has 1 saturated carbocycles. The Labute approximate surface area is 204 Å². The number of carbonyl (C=O) groups is 3. The molecule has 1 aromatic carbocycles. The van der Waals surface area contributed by atoms with Gasteiger partial charge in [-0.05, 0) is 62.6 Å². The van der Waals surface area contributed by atoms with Gasteiger partial charge in [0.1, 0.15) is 12.0 Å². The summed E-state index contributed by atoms with van der Waals surface area (Å²) in [7, 11) is 1.29. The Bertz CT molecular complexity index is 1130. The van der Waals surface area contributed by atoms with E-state index in [1.54, 1.807) is 6.07 Å². The van der Waals surface area contributed by atoms with Crippen molar-refractivity contribution in [2.45, 2.75) is 64.4 Å². The Hall–Kier alpha value is -3.29. The number of dihydropyridines is 1. The molecule has 2 aliphatic heterocycles. The van der Waals surface area contributed by atoms with E-state index in [0.29, 0.717) is 40.3 Å². The molecule has 1 N–H and O–H groups in total. The van der Waals surface area contributed by atoms with Crippen LogP contribution in [-0.2, 0) is 23.9 Å². The number of nitrogens with one attached hydrogen (secondary N) is 1. The predicted molar refractivity (Wildman–Crippen MR) is 125 cm³/mol. The van der Waals surface area contributed by atoms with Gasteiger partial charge in [-0.2, -0.15) is 0 Å². The van der Waals surface area contributed by atoms with Gasteiger partial charge in [-0.1, -0.05) is 19.4 Å². The minimum atomic E-state index is -0.925. The molecule has 2 heterocycles. The lowest BCUT2D eigenvalue weighted by molar-refractivity contribution is -0.151. The summed E-state index contributed by atoms with van der Waals surface area (Å²) in [5.41, 5.74) is 2.91. The standard InChI is InChI=1S/C27H31NO7/c1-14-11-18-24(25(29)21(14)26(30)32-3)23(16-9-10-19-20(12-16)34-13-33-19)22(15(2)28-18)27(31)35-17-7-5-4-6-8-17/h9-10,12,14,17,21,23,28H,4-8,11,13H2,1-3H3/t14-,21-,23-/m1/s1. The van der Waals surface area contributed by atoms with E-state index in [2.05, 4.69) is 5.32 Å². The molecule has 186 valence electrons. The summed E-state index contributed by atoms with van der Waals surface area (Å²) in [6.07, 6.45) is 5.26. The Morgan fingerprint density at radius 3 is 2.57 bits per heavy atom. The molecule has 3 atom stereocenters. The molecule has 0 amide bonds. The molecule has 8 nitrogen and oxygen atoms in total. The quantitative estimate of drug-likeness (QED) is 0.511. The molecule has 0 radical (unpaired) electrons. The first kappa shape index (κ1) is 23.5. The number of Topliss-reactive ketones (excluding diaryl/α,β-unsaturated/α-hetero) is 1. The van der Waals surface area contributed by atoms with Gasteiger partial charge in [0.25, 0.3) is 0 Å². The second-order valence-corrected chi connectivity index (χ2v) is 9.81. The van der Waals surface area contributed by atoms with Gasteiger partial charge in [0.15, 0.2) is 17.3 Å². The van der Waals surface area contributed by atoms with Crippen molar-refractivity contribution < 1.29 is 33.3 Å². The number of esters is 2. The van der Waals surface area contributed by atoms with Crippen molar-refractivity contribution >= 4 is 17.7 Å². The maximum Gasteiger partial charge on any atom is 0.337 e. The predicted octanol–water partition coefficient (Wildman–Crippen LogP) is 3.90. The number of fused-ring (bicyclic) bond motifs is 1. The number of ketones is 1. The number of hydrogen-bond donors (Lipinski definition) is 1. The zero-order valence-corrected chi connectivity index (χ0v) is 20.3. The van der Waals surface area contributed by atoms with Crippen LogP contribution in [0.2, 0.25) is 0 Å². The Morgan fingerprint density at radius 2 is 1.83 bits per heavy atom. The van der Waals surface area contributed by atoms with Crippen LogP contribution in [-0.4, -0.2) is 37.7 Å². The highest BCUT2D eigenvalue weighted by Crippen LogP contribution is 2.47. The summed E-state index contributed by atoms with van der Waals surface area (Å²) < 4.78 is 22.0. The van der Waals surface area contributed by atoms with Crippen molar-refractivity contribution in [3.63, 3.8) is 0 Å². The lowest BCUT2D eigenvalue weighted by Crippen LogP contribution is -2.43. The summed E-state index contributed by atoms with van der Waals surface area (Å²) in [6, 6.07) is 5.43. The van der Waals surface area contributed by atoms with Crippen molar-refractivity contribution in [2.24, 2.45) is 11.8 Å². The number of allylic oxidation sites excluding steroid dienone is 3. The van der Waals surface area contributed by atoms with E-state index in [1.807, 2.05) is 26.0 Å². The van der Waals surface area contributed by atoms with Crippen LogP contribution in [0.4, 0.5) is 0 Å². The number of carbonyl (C=O) groups excluding carboxylic acids is 3. The lowest BCUT2D eigenvalue weighted by atomic mass is 9.69. The van der Waals surface area contributed by atoms with E-state index < -0.39 is 23.8 Å². The van der Waals surface area contributed by atoms with Gasteiger partial charge < -0.3 is 24.3 Å². The highest BCUT2D eigenvalue weighted by atomic mass is 16.7. The van der Waals surface area contributed by atoms with Gasteiger partial charge in [-0.3, -0.25) is 9.59 Å². The monoisotopic (exact) mass is 481 g/mol. The van der Waals surface area contributed by atoms with Crippen LogP contribution in [0.3, 0.4) is 0 Å². The molecular formula is C27H31NO7. The lowest BCUT2D eigenvalue weighted by Gasteiger charge is -2.38.